The Labute approximate surface area is 160 Å². The third-order valence-corrected chi connectivity index (χ3v) is 3.92. The zero-order valence-electron chi connectivity index (χ0n) is 16.4. The van der Waals surface area contributed by atoms with Gasteiger partial charge in [-0.25, -0.2) is 0 Å². The van der Waals surface area contributed by atoms with E-state index in [4.69, 9.17) is 4.74 Å². The van der Waals surface area contributed by atoms with Crippen LogP contribution in [-0.2, 0) is 0 Å². The predicted molar refractivity (Wildman–Crippen MR) is 106 cm³/mol. The molecule has 1 aromatic heterocycles. The number of ether oxygens (including phenoxy) is 1. The third kappa shape index (κ3) is 6.09. The van der Waals surface area contributed by atoms with Crippen LogP contribution in [0.5, 0.6) is 5.75 Å². The number of carbonyl (C=O) groups excluding carboxylic acids is 2. The minimum Gasteiger partial charge on any atom is -0.491 e. The van der Waals surface area contributed by atoms with Gasteiger partial charge in [-0.15, -0.1) is 0 Å². The molecule has 2 aromatic rings. The molecule has 0 aliphatic carbocycles. The Morgan fingerprint density at radius 1 is 1.19 bits per heavy atom. The molecule has 6 heteroatoms. The Hall–Kier alpha value is -2.89. The highest BCUT2D eigenvalue weighted by Gasteiger charge is 2.15. The number of anilines is 1. The molecule has 0 bridgehead atoms. The Morgan fingerprint density at radius 2 is 1.89 bits per heavy atom. The van der Waals surface area contributed by atoms with Gasteiger partial charge in [-0.1, -0.05) is 13.3 Å². The van der Waals surface area contributed by atoms with Crippen LogP contribution in [0.15, 0.2) is 42.6 Å². The van der Waals surface area contributed by atoms with E-state index in [0.717, 1.165) is 18.6 Å². The highest BCUT2D eigenvalue weighted by atomic mass is 16.5. The van der Waals surface area contributed by atoms with Crippen molar-refractivity contribution in [2.24, 2.45) is 0 Å². The maximum Gasteiger partial charge on any atom is 0.272 e. The zero-order valence-corrected chi connectivity index (χ0v) is 16.4. The Bertz CT molecular complexity index is 772. The van der Waals surface area contributed by atoms with E-state index in [9.17, 15) is 9.59 Å². The predicted octanol–water partition coefficient (Wildman–Crippen LogP) is 3.99. The molecule has 0 fully saturated rings. The SMILES string of the molecule is CCCCN(C)C(=O)c1cc(C(=O)Nc2ccc(OC(C)C)cc2)ccn1. The standard InChI is InChI=1S/C21H27N3O3/c1-5-6-13-24(4)21(26)19-14-16(11-12-22-19)20(25)23-17-7-9-18(10-8-17)27-15(2)3/h7-12,14-15H,5-6,13H2,1-4H3,(H,23,25). The molecule has 0 spiro atoms. The third-order valence-electron chi connectivity index (χ3n) is 3.92. The first-order chi connectivity index (χ1) is 12.9. The average molecular weight is 369 g/mol. The van der Waals surface area contributed by atoms with Gasteiger partial charge in [0, 0.05) is 31.0 Å². The lowest BCUT2D eigenvalue weighted by molar-refractivity contribution is 0.0787. The van der Waals surface area contributed by atoms with Crippen LogP contribution in [0.1, 0.15) is 54.5 Å². The molecular weight excluding hydrogens is 342 g/mol. The van der Waals surface area contributed by atoms with Crippen LogP contribution >= 0.6 is 0 Å². The Morgan fingerprint density at radius 3 is 2.52 bits per heavy atom. The van der Waals surface area contributed by atoms with Gasteiger partial charge in [-0.05, 0) is 56.7 Å². The van der Waals surface area contributed by atoms with Gasteiger partial charge >= 0.3 is 0 Å². The number of nitrogens with one attached hydrogen (secondary N) is 1. The van der Waals surface area contributed by atoms with Crippen LogP contribution in [0.2, 0.25) is 0 Å². The molecule has 0 unspecified atom stereocenters. The normalized spacial score (nSPS) is 10.6. The number of aromatic nitrogens is 1. The largest absolute Gasteiger partial charge is 0.491 e. The fraction of sp³-hybridized carbons (Fsp3) is 0.381. The smallest absolute Gasteiger partial charge is 0.272 e. The average Bonchev–Trinajstić information content (AvgIpc) is 2.66. The van der Waals surface area contributed by atoms with Crippen LogP contribution in [0.4, 0.5) is 5.69 Å². The van der Waals surface area contributed by atoms with Crippen LogP contribution < -0.4 is 10.1 Å². The van der Waals surface area contributed by atoms with E-state index in [1.54, 1.807) is 42.3 Å². The van der Waals surface area contributed by atoms with Crippen molar-refractivity contribution >= 4 is 17.5 Å². The van der Waals surface area contributed by atoms with E-state index in [1.165, 1.54) is 12.3 Å². The van der Waals surface area contributed by atoms with Gasteiger partial charge in [0.15, 0.2) is 0 Å². The summed E-state index contributed by atoms with van der Waals surface area (Å²) in [7, 11) is 1.74. The van der Waals surface area contributed by atoms with E-state index in [2.05, 4.69) is 17.2 Å². The number of hydrogen-bond donors (Lipinski definition) is 1. The van der Waals surface area contributed by atoms with Gasteiger partial charge in [-0.2, -0.15) is 0 Å². The fourth-order valence-corrected chi connectivity index (χ4v) is 2.47. The summed E-state index contributed by atoms with van der Waals surface area (Å²) in [6.07, 6.45) is 3.51. The van der Waals surface area contributed by atoms with Crippen molar-refractivity contribution in [2.75, 3.05) is 18.9 Å². The van der Waals surface area contributed by atoms with Gasteiger partial charge in [0.2, 0.25) is 0 Å². The van der Waals surface area contributed by atoms with Crippen molar-refractivity contribution in [2.45, 2.75) is 39.7 Å². The van der Waals surface area contributed by atoms with E-state index >= 15 is 0 Å². The maximum absolute atomic E-state index is 12.5. The quantitative estimate of drug-likeness (QED) is 0.764. The minimum absolute atomic E-state index is 0.0914. The molecule has 1 heterocycles. The molecule has 6 nitrogen and oxygen atoms in total. The first-order valence-electron chi connectivity index (χ1n) is 9.20. The summed E-state index contributed by atoms with van der Waals surface area (Å²) in [6.45, 7) is 6.65. The van der Waals surface area contributed by atoms with E-state index in [1.807, 2.05) is 13.8 Å². The molecule has 144 valence electrons. The van der Waals surface area contributed by atoms with Gasteiger partial charge in [0.1, 0.15) is 11.4 Å². The molecule has 0 saturated heterocycles. The zero-order chi connectivity index (χ0) is 19.8. The van der Waals surface area contributed by atoms with Crippen LogP contribution in [0.25, 0.3) is 0 Å². The van der Waals surface area contributed by atoms with E-state index in [0.29, 0.717) is 17.8 Å². The van der Waals surface area contributed by atoms with Crippen molar-refractivity contribution in [1.29, 1.82) is 0 Å². The summed E-state index contributed by atoms with van der Waals surface area (Å²) < 4.78 is 5.59. The summed E-state index contributed by atoms with van der Waals surface area (Å²) in [4.78, 5) is 30.7. The molecule has 0 aliphatic heterocycles. The molecule has 0 atom stereocenters. The number of pyridine rings is 1. The summed E-state index contributed by atoms with van der Waals surface area (Å²) >= 11 is 0. The molecule has 0 saturated carbocycles. The summed E-state index contributed by atoms with van der Waals surface area (Å²) in [5.74, 6) is 0.267. The second kappa shape index (κ2) is 9.71. The van der Waals surface area contributed by atoms with E-state index in [-0.39, 0.29) is 23.6 Å². The number of benzene rings is 1. The molecule has 2 amide bonds. The highest BCUT2D eigenvalue weighted by Crippen LogP contribution is 2.18. The second-order valence-electron chi connectivity index (χ2n) is 6.66. The summed E-state index contributed by atoms with van der Waals surface area (Å²) in [5, 5.41) is 2.82. The number of unbranched alkanes of at least 4 members (excludes halogenated alkanes) is 1. The fourth-order valence-electron chi connectivity index (χ4n) is 2.47. The van der Waals surface area contributed by atoms with Gasteiger partial charge in [0.25, 0.3) is 11.8 Å². The monoisotopic (exact) mass is 369 g/mol. The van der Waals surface area contributed by atoms with Crippen molar-refractivity contribution in [3.63, 3.8) is 0 Å². The summed E-state index contributed by atoms with van der Waals surface area (Å²) in [5.41, 5.74) is 1.31. The topological polar surface area (TPSA) is 71.5 Å². The Balaban J connectivity index is 2.05. The Kier molecular flexibility index (Phi) is 7.34. The molecule has 1 aromatic carbocycles. The number of hydrogen-bond acceptors (Lipinski definition) is 4. The number of nitrogens with zero attached hydrogens (tertiary/aromatic N) is 2. The van der Waals surface area contributed by atoms with Crippen LogP contribution in [0, 0.1) is 0 Å². The molecular formula is C21H27N3O3. The lowest BCUT2D eigenvalue weighted by atomic mass is 10.2. The van der Waals surface area contributed by atoms with Gasteiger partial charge < -0.3 is 15.0 Å². The molecule has 27 heavy (non-hydrogen) atoms. The molecule has 0 aliphatic rings. The maximum atomic E-state index is 12.5. The van der Waals surface area contributed by atoms with Crippen molar-refractivity contribution in [1.82, 2.24) is 9.88 Å². The first kappa shape index (κ1) is 20.4. The minimum atomic E-state index is -0.291. The van der Waals surface area contributed by atoms with Gasteiger partial charge in [-0.3, -0.25) is 14.6 Å². The molecule has 2 rings (SSSR count). The van der Waals surface area contributed by atoms with Crippen LogP contribution in [-0.4, -0.2) is 41.4 Å². The lowest BCUT2D eigenvalue weighted by Gasteiger charge is -2.16. The lowest BCUT2D eigenvalue weighted by Crippen LogP contribution is -2.28. The van der Waals surface area contributed by atoms with Gasteiger partial charge in [0.05, 0.1) is 6.10 Å². The van der Waals surface area contributed by atoms with Crippen molar-refractivity contribution in [3.8, 4) is 5.75 Å². The van der Waals surface area contributed by atoms with Crippen molar-refractivity contribution < 1.29 is 14.3 Å². The number of amides is 2. The first-order valence-corrected chi connectivity index (χ1v) is 9.20. The highest BCUT2D eigenvalue weighted by molar-refractivity contribution is 6.05. The molecule has 0 radical (unpaired) electrons. The summed E-state index contributed by atoms with van der Waals surface area (Å²) in [6, 6.07) is 10.3. The van der Waals surface area contributed by atoms with Crippen LogP contribution in [0.3, 0.4) is 0 Å². The van der Waals surface area contributed by atoms with E-state index < -0.39 is 0 Å². The second-order valence-corrected chi connectivity index (χ2v) is 6.66. The molecule has 1 N–H and O–H groups in total. The van der Waals surface area contributed by atoms with Crippen molar-refractivity contribution in [3.05, 3.63) is 53.9 Å². The number of carbonyl (C=O) groups is 2. The number of rotatable bonds is 8.